The number of rotatable bonds is 3. The van der Waals surface area contributed by atoms with E-state index in [2.05, 4.69) is 0 Å². The van der Waals surface area contributed by atoms with Crippen molar-refractivity contribution in [2.24, 2.45) is 0 Å². The van der Waals surface area contributed by atoms with Gasteiger partial charge < -0.3 is 9.15 Å². The second-order valence-corrected chi connectivity index (χ2v) is 4.80. The molecule has 1 aromatic carbocycles. The van der Waals surface area contributed by atoms with E-state index in [1.807, 2.05) is 31.2 Å². The molecule has 0 N–H and O–H groups in total. The Morgan fingerprint density at radius 2 is 1.86 bits per heavy atom. The van der Waals surface area contributed by atoms with E-state index in [1.165, 1.54) is 18.2 Å². The molecule has 0 unspecified atom stereocenters. The average Bonchev–Trinajstić information content (AvgIpc) is 3.08. The molecular weight excluding hydrogens is 286 g/mol. The van der Waals surface area contributed by atoms with Gasteiger partial charge in [-0.3, -0.25) is 10.1 Å². The Balaban J connectivity index is 1.90. The van der Waals surface area contributed by atoms with Crippen LogP contribution in [0.5, 0.6) is 0 Å². The van der Waals surface area contributed by atoms with Crippen LogP contribution >= 0.6 is 0 Å². The molecule has 2 heterocycles. The molecule has 0 aliphatic carbocycles. The normalized spacial score (nSPS) is 15.8. The number of aryl methyl sites for hydroxylation is 1. The number of esters is 1. The van der Waals surface area contributed by atoms with Crippen molar-refractivity contribution in [1.29, 1.82) is 0 Å². The van der Waals surface area contributed by atoms with E-state index in [9.17, 15) is 14.9 Å². The molecule has 0 saturated carbocycles. The van der Waals surface area contributed by atoms with Gasteiger partial charge in [0.1, 0.15) is 16.4 Å². The molecule has 0 spiro atoms. The third kappa shape index (κ3) is 2.67. The summed E-state index contributed by atoms with van der Waals surface area (Å²) in [5, 5.41) is 10.6. The van der Waals surface area contributed by atoms with Crippen LogP contribution in [0, 0.1) is 17.0 Å². The van der Waals surface area contributed by atoms with Gasteiger partial charge in [-0.05, 0) is 25.1 Å². The number of carbonyl (C=O) groups excluding carboxylic acids is 1. The zero-order valence-electron chi connectivity index (χ0n) is 11.6. The number of ether oxygens (including phenoxy) is 1. The number of furan rings is 1. The molecule has 22 heavy (non-hydrogen) atoms. The largest absolute Gasteiger partial charge is 0.433 e. The molecular formula is C16H11NO5. The van der Waals surface area contributed by atoms with Gasteiger partial charge in [0.15, 0.2) is 0 Å². The summed E-state index contributed by atoms with van der Waals surface area (Å²) < 4.78 is 10.2. The first-order valence-electron chi connectivity index (χ1n) is 6.50. The molecule has 1 aromatic heterocycles. The second-order valence-electron chi connectivity index (χ2n) is 4.80. The van der Waals surface area contributed by atoms with E-state index in [0.717, 1.165) is 11.1 Å². The van der Waals surface area contributed by atoms with Gasteiger partial charge in [-0.15, -0.1) is 0 Å². The minimum absolute atomic E-state index is 0.222. The second kappa shape index (κ2) is 5.33. The van der Waals surface area contributed by atoms with Gasteiger partial charge in [0.25, 0.3) is 0 Å². The molecule has 2 aromatic rings. The molecule has 6 heteroatoms. The number of nitrogens with zero attached hydrogens (tertiary/aromatic N) is 1. The van der Waals surface area contributed by atoms with Crippen LogP contribution in [0.1, 0.15) is 16.9 Å². The van der Waals surface area contributed by atoms with Crippen molar-refractivity contribution in [1.82, 2.24) is 0 Å². The summed E-state index contributed by atoms with van der Waals surface area (Å²) in [5.74, 6) is -0.229. The number of cyclic esters (lactones) is 1. The Bertz CT molecular complexity index is 811. The maximum atomic E-state index is 11.9. The summed E-state index contributed by atoms with van der Waals surface area (Å²) in [7, 11) is 0. The van der Waals surface area contributed by atoms with Crippen molar-refractivity contribution in [3.05, 3.63) is 75.0 Å². The number of hydrogen-bond acceptors (Lipinski definition) is 5. The van der Waals surface area contributed by atoms with Crippen LogP contribution in [-0.2, 0) is 9.53 Å². The standard InChI is InChI=1S/C16H11NO5/c1-10-2-4-11(5-3-10)14-9-12(16(18)22-14)8-13-6-7-15(21-13)17(19)20/h2-9H,1H3/b12-8+. The highest BCUT2D eigenvalue weighted by molar-refractivity contribution is 6.04. The molecule has 0 saturated heterocycles. The fourth-order valence-electron chi connectivity index (χ4n) is 2.02. The molecule has 0 amide bonds. The molecule has 0 atom stereocenters. The first kappa shape index (κ1) is 13.8. The Kier molecular flexibility index (Phi) is 3.34. The first-order valence-corrected chi connectivity index (χ1v) is 6.50. The lowest BCUT2D eigenvalue weighted by Gasteiger charge is -2.01. The van der Waals surface area contributed by atoms with Crippen LogP contribution in [0.4, 0.5) is 5.88 Å². The third-order valence-corrected chi connectivity index (χ3v) is 3.15. The lowest BCUT2D eigenvalue weighted by atomic mass is 10.1. The SMILES string of the molecule is Cc1ccc(C2=C/C(=C\c3ccc([N+](=O)[O-])o3)C(=O)O2)cc1. The Morgan fingerprint density at radius 1 is 1.14 bits per heavy atom. The summed E-state index contributed by atoms with van der Waals surface area (Å²) in [5.41, 5.74) is 2.17. The minimum atomic E-state index is -0.636. The van der Waals surface area contributed by atoms with E-state index in [-0.39, 0.29) is 17.2 Å². The zero-order valence-corrected chi connectivity index (χ0v) is 11.6. The molecule has 0 fully saturated rings. The molecule has 110 valence electrons. The molecule has 0 bridgehead atoms. The van der Waals surface area contributed by atoms with Crippen molar-refractivity contribution in [2.45, 2.75) is 6.92 Å². The quantitative estimate of drug-likeness (QED) is 0.375. The number of benzene rings is 1. The molecule has 0 radical (unpaired) electrons. The van der Waals surface area contributed by atoms with Gasteiger partial charge in [0.05, 0.1) is 11.6 Å². The summed E-state index contributed by atoms with van der Waals surface area (Å²) >= 11 is 0. The number of carbonyl (C=O) groups is 1. The Hall–Kier alpha value is -3.15. The Morgan fingerprint density at radius 3 is 2.50 bits per heavy atom. The maximum Gasteiger partial charge on any atom is 0.433 e. The van der Waals surface area contributed by atoms with Gasteiger partial charge in [0.2, 0.25) is 0 Å². The molecule has 6 nitrogen and oxygen atoms in total. The van der Waals surface area contributed by atoms with Gasteiger partial charge >= 0.3 is 11.9 Å². The number of hydrogen-bond donors (Lipinski definition) is 0. The van der Waals surface area contributed by atoms with Crippen LogP contribution < -0.4 is 0 Å². The maximum absolute atomic E-state index is 11.9. The highest BCUT2D eigenvalue weighted by Gasteiger charge is 2.23. The highest BCUT2D eigenvalue weighted by atomic mass is 16.6. The topological polar surface area (TPSA) is 82.6 Å². The van der Waals surface area contributed by atoms with E-state index in [0.29, 0.717) is 5.76 Å². The predicted molar refractivity (Wildman–Crippen MR) is 78.6 cm³/mol. The minimum Gasteiger partial charge on any atom is -0.422 e. The zero-order chi connectivity index (χ0) is 15.7. The van der Waals surface area contributed by atoms with Crippen LogP contribution in [0.3, 0.4) is 0 Å². The molecule has 1 aliphatic heterocycles. The number of nitro groups is 1. The van der Waals surface area contributed by atoms with Crippen LogP contribution in [-0.4, -0.2) is 10.9 Å². The molecule has 1 aliphatic rings. The van der Waals surface area contributed by atoms with Gasteiger partial charge in [-0.25, -0.2) is 4.79 Å². The predicted octanol–water partition coefficient (Wildman–Crippen LogP) is 3.48. The lowest BCUT2D eigenvalue weighted by Crippen LogP contribution is -1.96. The van der Waals surface area contributed by atoms with Crippen molar-refractivity contribution in [2.75, 3.05) is 0 Å². The average molecular weight is 297 g/mol. The van der Waals surface area contributed by atoms with E-state index < -0.39 is 10.9 Å². The van der Waals surface area contributed by atoms with Crippen LogP contribution in [0.25, 0.3) is 11.8 Å². The lowest BCUT2D eigenvalue weighted by molar-refractivity contribution is -0.402. The van der Waals surface area contributed by atoms with Crippen molar-refractivity contribution >= 4 is 23.7 Å². The van der Waals surface area contributed by atoms with Crippen molar-refractivity contribution in [3.8, 4) is 0 Å². The van der Waals surface area contributed by atoms with Crippen LogP contribution in [0.15, 0.2) is 52.5 Å². The fraction of sp³-hybridized carbons (Fsp3) is 0.0625. The van der Waals surface area contributed by atoms with Gasteiger partial charge in [0, 0.05) is 5.56 Å². The Labute approximate surface area is 125 Å². The molecule has 3 rings (SSSR count). The van der Waals surface area contributed by atoms with E-state index >= 15 is 0 Å². The fourth-order valence-corrected chi connectivity index (χ4v) is 2.02. The first-order chi connectivity index (χ1) is 10.5. The van der Waals surface area contributed by atoms with Crippen molar-refractivity contribution in [3.63, 3.8) is 0 Å². The van der Waals surface area contributed by atoms with Gasteiger partial charge in [-0.2, -0.15) is 0 Å². The monoisotopic (exact) mass is 297 g/mol. The summed E-state index contributed by atoms with van der Waals surface area (Å²) in [6.07, 6.45) is 3.00. The van der Waals surface area contributed by atoms with Crippen molar-refractivity contribution < 1.29 is 18.9 Å². The van der Waals surface area contributed by atoms with E-state index in [1.54, 1.807) is 6.08 Å². The third-order valence-electron chi connectivity index (χ3n) is 3.15. The summed E-state index contributed by atoms with van der Waals surface area (Å²) in [4.78, 5) is 21.8. The highest BCUT2D eigenvalue weighted by Crippen LogP contribution is 2.28. The smallest absolute Gasteiger partial charge is 0.422 e. The summed E-state index contributed by atoms with van der Waals surface area (Å²) in [6, 6.07) is 10.2. The van der Waals surface area contributed by atoms with Gasteiger partial charge in [-0.1, -0.05) is 29.8 Å². The van der Waals surface area contributed by atoms with Crippen LogP contribution in [0.2, 0.25) is 0 Å². The van der Waals surface area contributed by atoms with E-state index in [4.69, 9.17) is 9.15 Å². The summed E-state index contributed by atoms with van der Waals surface area (Å²) in [6.45, 7) is 1.97.